The Morgan fingerprint density at radius 3 is 2.10 bits per heavy atom. The molecule has 0 aliphatic heterocycles. The number of halogens is 1. The van der Waals surface area contributed by atoms with Crippen LogP contribution in [0.25, 0.3) is 10.8 Å². The molecule has 3 fully saturated rings. The van der Waals surface area contributed by atoms with Crippen LogP contribution in [0.2, 0.25) is 0 Å². The van der Waals surface area contributed by atoms with E-state index in [1.807, 2.05) is 6.07 Å². The molecular formula is C28H37F. The van der Waals surface area contributed by atoms with Crippen molar-refractivity contribution in [2.24, 2.45) is 29.6 Å². The van der Waals surface area contributed by atoms with Gasteiger partial charge in [-0.25, -0.2) is 4.39 Å². The SMILES string of the molecule is CCC1CCC(C2CC[C@@H]3C[C@H](c4ccc5cc(F)ccc5c4)CC[C@@H]3C2)CC1. The van der Waals surface area contributed by atoms with Crippen molar-refractivity contribution in [2.45, 2.75) is 83.5 Å². The average molecular weight is 393 g/mol. The molecule has 0 nitrogen and oxygen atoms in total. The van der Waals surface area contributed by atoms with Gasteiger partial charge < -0.3 is 0 Å². The van der Waals surface area contributed by atoms with E-state index < -0.39 is 0 Å². The van der Waals surface area contributed by atoms with Crippen molar-refractivity contribution in [3.8, 4) is 0 Å². The lowest BCUT2D eigenvalue weighted by atomic mass is 9.60. The summed E-state index contributed by atoms with van der Waals surface area (Å²) in [6, 6.07) is 11.9. The predicted octanol–water partition coefficient (Wildman–Crippen LogP) is 8.50. The van der Waals surface area contributed by atoms with Gasteiger partial charge in [0.1, 0.15) is 5.82 Å². The van der Waals surface area contributed by atoms with Crippen LogP contribution in [0.3, 0.4) is 0 Å². The first-order chi connectivity index (χ1) is 14.2. The van der Waals surface area contributed by atoms with Gasteiger partial charge in [0.15, 0.2) is 0 Å². The van der Waals surface area contributed by atoms with Gasteiger partial charge in [-0.2, -0.15) is 0 Å². The second-order valence-corrected chi connectivity index (χ2v) is 10.5. The van der Waals surface area contributed by atoms with Crippen LogP contribution in [0.1, 0.15) is 89.0 Å². The summed E-state index contributed by atoms with van der Waals surface area (Å²) in [5.74, 6) is 5.60. The number of hydrogen-bond acceptors (Lipinski definition) is 0. The summed E-state index contributed by atoms with van der Waals surface area (Å²) in [6.45, 7) is 2.38. The molecule has 4 atom stereocenters. The molecule has 2 aromatic rings. The van der Waals surface area contributed by atoms with Crippen LogP contribution < -0.4 is 0 Å². The third kappa shape index (κ3) is 4.12. The van der Waals surface area contributed by atoms with E-state index in [1.165, 1.54) is 81.6 Å². The monoisotopic (exact) mass is 392 g/mol. The van der Waals surface area contributed by atoms with E-state index in [0.29, 0.717) is 5.92 Å². The zero-order valence-electron chi connectivity index (χ0n) is 18.1. The van der Waals surface area contributed by atoms with E-state index in [1.54, 1.807) is 12.1 Å². The Morgan fingerprint density at radius 2 is 1.31 bits per heavy atom. The summed E-state index contributed by atoms with van der Waals surface area (Å²) in [6.07, 6.45) is 16.1. The molecule has 2 aromatic carbocycles. The van der Waals surface area contributed by atoms with Crippen molar-refractivity contribution in [1.29, 1.82) is 0 Å². The van der Waals surface area contributed by atoms with Gasteiger partial charge in [-0.1, -0.05) is 50.5 Å². The van der Waals surface area contributed by atoms with Gasteiger partial charge in [-0.05, 0) is 115 Å². The van der Waals surface area contributed by atoms with Crippen LogP contribution in [-0.4, -0.2) is 0 Å². The Kier molecular flexibility index (Phi) is 5.67. The molecule has 0 spiro atoms. The molecule has 0 heterocycles. The minimum absolute atomic E-state index is 0.134. The lowest BCUT2D eigenvalue weighted by molar-refractivity contribution is 0.0716. The molecule has 156 valence electrons. The minimum Gasteiger partial charge on any atom is -0.207 e. The first-order valence-corrected chi connectivity index (χ1v) is 12.4. The maximum atomic E-state index is 13.5. The van der Waals surface area contributed by atoms with E-state index in [0.717, 1.165) is 35.0 Å². The summed E-state index contributed by atoms with van der Waals surface area (Å²) < 4.78 is 13.5. The lowest BCUT2D eigenvalue weighted by Crippen LogP contribution is -2.34. The van der Waals surface area contributed by atoms with Crippen LogP contribution in [0.4, 0.5) is 4.39 Å². The highest BCUT2D eigenvalue weighted by molar-refractivity contribution is 5.83. The number of hydrogen-bond donors (Lipinski definition) is 0. The number of fused-ring (bicyclic) bond motifs is 2. The maximum Gasteiger partial charge on any atom is 0.123 e. The molecule has 3 aliphatic carbocycles. The van der Waals surface area contributed by atoms with Crippen LogP contribution in [0.5, 0.6) is 0 Å². The molecule has 3 aliphatic rings. The van der Waals surface area contributed by atoms with Crippen LogP contribution in [0, 0.1) is 35.4 Å². The largest absolute Gasteiger partial charge is 0.207 e. The number of benzene rings is 2. The molecule has 1 heteroatoms. The molecule has 0 saturated heterocycles. The summed E-state index contributed by atoms with van der Waals surface area (Å²) >= 11 is 0. The van der Waals surface area contributed by atoms with E-state index in [9.17, 15) is 4.39 Å². The average Bonchev–Trinajstić information content (AvgIpc) is 2.78. The predicted molar refractivity (Wildman–Crippen MR) is 121 cm³/mol. The van der Waals surface area contributed by atoms with E-state index >= 15 is 0 Å². The van der Waals surface area contributed by atoms with Gasteiger partial charge in [0.25, 0.3) is 0 Å². The molecule has 3 saturated carbocycles. The highest BCUT2D eigenvalue weighted by Crippen LogP contribution is 2.51. The van der Waals surface area contributed by atoms with Gasteiger partial charge >= 0.3 is 0 Å². The maximum absolute atomic E-state index is 13.5. The molecule has 5 rings (SSSR count). The summed E-state index contributed by atoms with van der Waals surface area (Å²) in [4.78, 5) is 0. The van der Waals surface area contributed by atoms with Crippen LogP contribution >= 0.6 is 0 Å². The van der Waals surface area contributed by atoms with Crippen molar-refractivity contribution < 1.29 is 4.39 Å². The van der Waals surface area contributed by atoms with Gasteiger partial charge in [-0.15, -0.1) is 0 Å². The van der Waals surface area contributed by atoms with E-state index in [-0.39, 0.29) is 5.82 Å². The van der Waals surface area contributed by atoms with Gasteiger partial charge in [0, 0.05) is 0 Å². The topological polar surface area (TPSA) is 0 Å². The summed E-state index contributed by atoms with van der Waals surface area (Å²) in [5, 5.41) is 2.22. The van der Waals surface area contributed by atoms with Crippen molar-refractivity contribution in [2.75, 3.05) is 0 Å². The summed E-state index contributed by atoms with van der Waals surface area (Å²) in [5.41, 5.74) is 1.49. The number of rotatable bonds is 3. The van der Waals surface area contributed by atoms with Crippen molar-refractivity contribution in [3.05, 3.63) is 47.8 Å². The fraction of sp³-hybridized carbons (Fsp3) is 0.643. The fourth-order valence-electron chi connectivity index (χ4n) is 7.21. The molecule has 0 radical (unpaired) electrons. The second-order valence-electron chi connectivity index (χ2n) is 10.5. The molecular weight excluding hydrogens is 355 g/mol. The Hall–Kier alpha value is -1.37. The molecule has 29 heavy (non-hydrogen) atoms. The van der Waals surface area contributed by atoms with E-state index in [2.05, 4.69) is 25.1 Å². The minimum atomic E-state index is -0.134. The van der Waals surface area contributed by atoms with Crippen molar-refractivity contribution >= 4 is 10.8 Å². The van der Waals surface area contributed by atoms with Gasteiger partial charge in [0.05, 0.1) is 0 Å². The standard InChI is InChI=1S/C28H37F/c1-2-19-3-5-20(6-4-19)21-7-8-23-16-24(10-9-22(23)15-21)25-11-12-27-18-28(29)14-13-26(27)17-25/h11-14,17-24H,2-10,15-16H2,1H3/t19?,20?,21?,22-,23-,24-/m1/s1. The Morgan fingerprint density at radius 1 is 0.690 bits per heavy atom. The van der Waals surface area contributed by atoms with E-state index in [4.69, 9.17) is 0 Å². The zero-order chi connectivity index (χ0) is 19.8. The van der Waals surface area contributed by atoms with Gasteiger partial charge in [-0.3, -0.25) is 0 Å². The van der Waals surface area contributed by atoms with Crippen molar-refractivity contribution in [1.82, 2.24) is 0 Å². The third-order valence-electron chi connectivity index (χ3n) is 9.09. The zero-order valence-corrected chi connectivity index (χ0v) is 18.1. The Bertz CT molecular complexity index is 831. The van der Waals surface area contributed by atoms with Gasteiger partial charge in [0.2, 0.25) is 0 Å². The second kappa shape index (κ2) is 8.40. The summed E-state index contributed by atoms with van der Waals surface area (Å²) in [7, 11) is 0. The van der Waals surface area contributed by atoms with Crippen molar-refractivity contribution in [3.63, 3.8) is 0 Å². The first kappa shape index (κ1) is 19.6. The Balaban J connectivity index is 1.21. The highest BCUT2D eigenvalue weighted by atomic mass is 19.1. The first-order valence-electron chi connectivity index (χ1n) is 12.4. The van der Waals surface area contributed by atoms with Crippen LogP contribution in [-0.2, 0) is 0 Å². The normalized spacial score (nSPS) is 35.4. The smallest absolute Gasteiger partial charge is 0.123 e. The highest BCUT2D eigenvalue weighted by Gasteiger charge is 2.38. The quantitative estimate of drug-likeness (QED) is 0.491. The van der Waals surface area contributed by atoms with Crippen LogP contribution in [0.15, 0.2) is 36.4 Å². The molecule has 0 N–H and O–H groups in total. The molecule has 1 unspecified atom stereocenters. The fourth-order valence-corrected chi connectivity index (χ4v) is 7.21. The molecule has 0 bridgehead atoms. The third-order valence-corrected chi connectivity index (χ3v) is 9.09. The Labute approximate surface area is 176 Å². The molecule has 0 aromatic heterocycles. The lowest BCUT2D eigenvalue weighted by Gasteiger charge is -2.45. The molecule has 0 amide bonds.